The van der Waals surface area contributed by atoms with Crippen LogP contribution in [0.2, 0.25) is 0 Å². The van der Waals surface area contributed by atoms with E-state index in [2.05, 4.69) is 0 Å². The number of rotatable bonds is 3. The first-order chi connectivity index (χ1) is 10.1. The summed E-state index contributed by atoms with van der Waals surface area (Å²) in [6.45, 7) is 0.720. The molecular formula is C17H23F2NO. The fourth-order valence-corrected chi connectivity index (χ4v) is 3.93. The molecule has 3 rings (SSSR count). The Balaban J connectivity index is 1.69. The second-order valence-corrected chi connectivity index (χ2v) is 6.56. The molecule has 0 radical (unpaired) electrons. The van der Waals surface area contributed by atoms with E-state index < -0.39 is 11.6 Å². The van der Waals surface area contributed by atoms with Crippen molar-refractivity contribution >= 4 is 0 Å². The molecule has 1 spiro atoms. The van der Waals surface area contributed by atoms with Gasteiger partial charge in [-0.3, -0.25) is 0 Å². The number of ether oxygens (including phenoxy) is 1. The van der Waals surface area contributed by atoms with Crippen LogP contribution >= 0.6 is 0 Å². The van der Waals surface area contributed by atoms with Crippen LogP contribution in [0.4, 0.5) is 8.78 Å². The minimum atomic E-state index is -0.493. The van der Waals surface area contributed by atoms with Crippen LogP contribution in [-0.4, -0.2) is 18.2 Å². The van der Waals surface area contributed by atoms with Crippen LogP contribution in [0.1, 0.15) is 44.1 Å². The third kappa shape index (κ3) is 3.11. The highest BCUT2D eigenvalue weighted by molar-refractivity contribution is 5.21. The van der Waals surface area contributed by atoms with Crippen molar-refractivity contribution in [2.75, 3.05) is 6.61 Å². The Labute approximate surface area is 124 Å². The van der Waals surface area contributed by atoms with Gasteiger partial charge in [-0.05, 0) is 50.2 Å². The van der Waals surface area contributed by atoms with E-state index in [1.165, 1.54) is 31.0 Å². The van der Waals surface area contributed by atoms with E-state index in [-0.39, 0.29) is 29.5 Å². The zero-order valence-corrected chi connectivity index (χ0v) is 12.3. The molecule has 116 valence electrons. The highest BCUT2D eigenvalue weighted by atomic mass is 19.1. The summed E-state index contributed by atoms with van der Waals surface area (Å²) in [5.41, 5.74) is 6.40. The summed E-state index contributed by atoms with van der Waals surface area (Å²) in [4.78, 5) is 0. The minimum Gasteiger partial charge on any atom is -0.375 e. The van der Waals surface area contributed by atoms with Crippen molar-refractivity contribution < 1.29 is 13.5 Å². The normalized spacial score (nSPS) is 26.1. The summed E-state index contributed by atoms with van der Waals surface area (Å²) < 4.78 is 33.5. The summed E-state index contributed by atoms with van der Waals surface area (Å²) >= 11 is 0. The van der Waals surface area contributed by atoms with Gasteiger partial charge >= 0.3 is 0 Å². The van der Waals surface area contributed by atoms with Crippen LogP contribution in [0.3, 0.4) is 0 Å². The molecule has 0 bridgehead atoms. The molecule has 2 atom stereocenters. The lowest BCUT2D eigenvalue weighted by Crippen LogP contribution is -2.44. The van der Waals surface area contributed by atoms with E-state index in [0.717, 1.165) is 32.3 Å². The first-order valence-corrected chi connectivity index (χ1v) is 7.92. The SMILES string of the molecule is NC(Cc1c(F)cccc1F)C1CCOC2(CCCC2)C1. The summed E-state index contributed by atoms with van der Waals surface area (Å²) in [5.74, 6) is -0.697. The molecule has 21 heavy (non-hydrogen) atoms. The van der Waals surface area contributed by atoms with Gasteiger partial charge in [0, 0.05) is 18.2 Å². The van der Waals surface area contributed by atoms with Crippen LogP contribution < -0.4 is 5.73 Å². The number of benzene rings is 1. The molecule has 2 aliphatic rings. The van der Waals surface area contributed by atoms with Crippen LogP contribution in [-0.2, 0) is 11.2 Å². The van der Waals surface area contributed by atoms with Gasteiger partial charge in [0.05, 0.1) is 5.60 Å². The van der Waals surface area contributed by atoms with E-state index in [1.807, 2.05) is 0 Å². The third-order valence-electron chi connectivity index (χ3n) is 5.15. The Bertz CT molecular complexity index is 479. The van der Waals surface area contributed by atoms with Gasteiger partial charge in [0.2, 0.25) is 0 Å². The lowest BCUT2D eigenvalue weighted by atomic mass is 9.79. The van der Waals surface area contributed by atoms with Crippen LogP contribution in [0.25, 0.3) is 0 Å². The van der Waals surface area contributed by atoms with Gasteiger partial charge in [-0.25, -0.2) is 8.78 Å². The molecule has 4 heteroatoms. The van der Waals surface area contributed by atoms with Crippen LogP contribution in [0, 0.1) is 17.6 Å². The fourth-order valence-electron chi connectivity index (χ4n) is 3.93. The molecule has 1 saturated carbocycles. The van der Waals surface area contributed by atoms with Crippen LogP contribution in [0.15, 0.2) is 18.2 Å². The smallest absolute Gasteiger partial charge is 0.129 e. The van der Waals surface area contributed by atoms with Gasteiger partial charge in [-0.15, -0.1) is 0 Å². The van der Waals surface area contributed by atoms with E-state index in [0.29, 0.717) is 0 Å². The predicted octanol–water partition coefficient (Wildman–Crippen LogP) is 3.57. The van der Waals surface area contributed by atoms with Crippen molar-refractivity contribution in [3.05, 3.63) is 35.4 Å². The highest BCUT2D eigenvalue weighted by Crippen LogP contribution is 2.43. The molecule has 1 aromatic carbocycles. The maximum Gasteiger partial charge on any atom is 0.129 e. The van der Waals surface area contributed by atoms with Gasteiger partial charge in [-0.1, -0.05) is 18.9 Å². The largest absolute Gasteiger partial charge is 0.375 e. The van der Waals surface area contributed by atoms with Crippen molar-refractivity contribution in [1.29, 1.82) is 0 Å². The molecule has 1 aliphatic carbocycles. The van der Waals surface area contributed by atoms with E-state index >= 15 is 0 Å². The predicted molar refractivity (Wildman–Crippen MR) is 77.9 cm³/mol. The molecule has 2 unspecified atom stereocenters. The summed E-state index contributed by atoms with van der Waals surface area (Å²) in [6, 6.07) is 3.78. The fraction of sp³-hybridized carbons (Fsp3) is 0.647. The molecule has 2 nitrogen and oxygen atoms in total. The number of hydrogen-bond acceptors (Lipinski definition) is 2. The van der Waals surface area contributed by atoms with Crippen molar-refractivity contribution in [1.82, 2.24) is 0 Å². The van der Waals surface area contributed by atoms with Crippen molar-refractivity contribution in [2.24, 2.45) is 11.7 Å². The maximum absolute atomic E-state index is 13.8. The van der Waals surface area contributed by atoms with Crippen molar-refractivity contribution in [2.45, 2.75) is 56.6 Å². The van der Waals surface area contributed by atoms with Gasteiger partial charge < -0.3 is 10.5 Å². The van der Waals surface area contributed by atoms with E-state index in [1.54, 1.807) is 0 Å². The lowest BCUT2D eigenvalue weighted by molar-refractivity contribution is -0.0961. The van der Waals surface area contributed by atoms with Gasteiger partial charge in [0.1, 0.15) is 11.6 Å². The first-order valence-electron chi connectivity index (χ1n) is 7.92. The zero-order valence-electron chi connectivity index (χ0n) is 12.3. The van der Waals surface area contributed by atoms with Gasteiger partial charge in [-0.2, -0.15) is 0 Å². The molecular weight excluding hydrogens is 272 g/mol. The molecule has 1 aromatic rings. The Morgan fingerprint density at radius 1 is 1.24 bits per heavy atom. The standard InChI is InChI=1S/C17H23F2NO/c18-14-4-3-5-15(19)13(14)10-16(20)12-6-9-21-17(11-12)7-1-2-8-17/h3-5,12,16H,1-2,6-11,20H2. The minimum absolute atomic E-state index is 0.00564. The lowest BCUT2D eigenvalue weighted by Gasteiger charge is -2.40. The Kier molecular flexibility index (Phi) is 4.27. The average Bonchev–Trinajstić information content (AvgIpc) is 2.91. The molecule has 1 saturated heterocycles. The third-order valence-corrected chi connectivity index (χ3v) is 5.15. The van der Waals surface area contributed by atoms with Crippen molar-refractivity contribution in [3.63, 3.8) is 0 Å². The number of halogens is 2. The first kappa shape index (κ1) is 14.9. The topological polar surface area (TPSA) is 35.2 Å². The second-order valence-electron chi connectivity index (χ2n) is 6.56. The quantitative estimate of drug-likeness (QED) is 0.925. The number of nitrogens with two attached hydrogens (primary N) is 1. The van der Waals surface area contributed by atoms with Crippen molar-refractivity contribution in [3.8, 4) is 0 Å². The monoisotopic (exact) mass is 295 g/mol. The summed E-state index contributed by atoms with van der Waals surface area (Å²) in [5, 5.41) is 0. The molecule has 2 fully saturated rings. The van der Waals surface area contributed by atoms with E-state index in [9.17, 15) is 8.78 Å². The number of hydrogen-bond donors (Lipinski definition) is 1. The maximum atomic E-state index is 13.8. The Morgan fingerprint density at radius 3 is 2.57 bits per heavy atom. The highest BCUT2D eigenvalue weighted by Gasteiger charge is 2.41. The average molecular weight is 295 g/mol. The van der Waals surface area contributed by atoms with Gasteiger partial charge in [0.15, 0.2) is 0 Å². The molecule has 0 amide bonds. The Hall–Kier alpha value is -1.00. The summed E-state index contributed by atoms with van der Waals surface area (Å²) in [6.07, 6.45) is 6.71. The summed E-state index contributed by atoms with van der Waals surface area (Å²) in [7, 11) is 0. The van der Waals surface area contributed by atoms with Crippen LogP contribution in [0.5, 0.6) is 0 Å². The molecule has 2 N–H and O–H groups in total. The molecule has 0 aromatic heterocycles. The second kappa shape index (κ2) is 6.01. The molecule has 1 heterocycles. The van der Waals surface area contributed by atoms with Gasteiger partial charge in [0.25, 0.3) is 0 Å². The Morgan fingerprint density at radius 2 is 1.90 bits per heavy atom. The zero-order chi connectivity index (χ0) is 14.9. The van der Waals surface area contributed by atoms with E-state index in [4.69, 9.17) is 10.5 Å². The molecule has 1 aliphatic heterocycles.